The van der Waals surface area contributed by atoms with Crippen LogP contribution in [0.2, 0.25) is 0 Å². The molecule has 0 bridgehead atoms. The summed E-state index contributed by atoms with van der Waals surface area (Å²) in [7, 11) is 1.31. The van der Waals surface area contributed by atoms with E-state index >= 15 is 0 Å². The van der Waals surface area contributed by atoms with Crippen molar-refractivity contribution >= 4 is 5.97 Å². The van der Waals surface area contributed by atoms with E-state index in [4.69, 9.17) is 28.4 Å². The molecule has 0 radical (unpaired) electrons. The number of benzene rings is 1. The van der Waals surface area contributed by atoms with Gasteiger partial charge in [-0.2, -0.15) is 0 Å². The summed E-state index contributed by atoms with van der Waals surface area (Å²) in [6.07, 6.45) is 13.2. The Hall–Kier alpha value is -2.49. The summed E-state index contributed by atoms with van der Waals surface area (Å²) >= 11 is 0. The van der Waals surface area contributed by atoms with Gasteiger partial charge in [-0.3, -0.25) is 0 Å². The summed E-state index contributed by atoms with van der Waals surface area (Å²) in [4.78, 5) is 12.1. The van der Waals surface area contributed by atoms with Crippen molar-refractivity contribution in [3.05, 3.63) is 60.4 Å². The number of carbonyl (C=O) groups is 1. The first-order valence-electron chi connectivity index (χ1n) is 15.2. The molecule has 0 aromatic heterocycles. The van der Waals surface area contributed by atoms with Crippen molar-refractivity contribution in [2.45, 2.75) is 101 Å². The second-order valence-electron chi connectivity index (χ2n) is 11.2. The summed E-state index contributed by atoms with van der Waals surface area (Å²) in [6.45, 7) is 3.42. The quantitative estimate of drug-likeness (QED) is 0.169. The molecule has 9 nitrogen and oxygen atoms in total. The molecule has 6 unspecified atom stereocenters. The SMILES string of the molecule is COC(CC=C=CC[C@H]1C(O)CC([16O]C2CCCCO2)[C@@H]1/C=C/C(C)[16O]C1CCCCO1)(Oc1ccccc1)C(=O)O. The van der Waals surface area contributed by atoms with Gasteiger partial charge in [0.1, 0.15) is 5.75 Å². The zero-order valence-electron chi connectivity index (χ0n) is 24.8. The number of ether oxygens (including phenoxy) is 6. The van der Waals surface area contributed by atoms with Crippen LogP contribution in [0.3, 0.4) is 0 Å². The number of methoxy groups -OCH3 is 1. The molecule has 3 fully saturated rings. The minimum atomic E-state index is -1.88. The van der Waals surface area contributed by atoms with Crippen molar-refractivity contribution in [2.24, 2.45) is 11.8 Å². The fourth-order valence-electron chi connectivity index (χ4n) is 5.78. The van der Waals surface area contributed by atoms with E-state index in [2.05, 4.69) is 11.8 Å². The second-order valence-corrected chi connectivity index (χ2v) is 11.2. The summed E-state index contributed by atoms with van der Waals surface area (Å²) in [5, 5.41) is 20.9. The van der Waals surface area contributed by atoms with Gasteiger partial charge in [-0.15, -0.1) is 5.73 Å². The van der Waals surface area contributed by atoms with Crippen LogP contribution in [0, 0.1) is 11.8 Å². The molecular formula is C33H46O9. The average molecular weight is 587 g/mol. The van der Waals surface area contributed by atoms with Crippen molar-refractivity contribution in [1.29, 1.82) is 0 Å². The van der Waals surface area contributed by atoms with Gasteiger partial charge in [0.15, 0.2) is 12.6 Å². The zero-order chi connectivity index (χ0) is 29.8. The van der Waals surface area contributed by atoms with Crippen LogP contribution in [0.1, 0.15) is 64.7 Å². The van der Waals surface area contributed by atoms with Crippen LogP contribution >= 0.6 is 0 Å². The van der Waals surface area contributed by atoms with E-state index in [-0.39, 0.29) is 43.0 Å². The van der Waals surface area contributed by atoms with Gasteiger partial charge in [0.05, 0.1) is 24.7 Å². The van der Waals surface area contributed by atoms with Crippen LogP contribution in [-0.4, -0.2) is 73.2 Å². The number of carboxylic acids is 1. The summed E-state index contributed by atoms with van der Waals surface area (Å²) in [6, 6.07) is 8.70. The Labute approximate surface area is 249 Å². The summed E-state index contributed by atoms with van der Waals surface area (Å²) in [5.74, 6) is -2.88. The lowest BCUT2D eigenvalue weighted by molar-refractivity contribution is -0.202. The van der Waals surface area contributed by atoms with Gasteiger partial charge in [-0.05, 0) is 82.1 Å². The van der Waals surface area contributed by atoms with Gasteiger partial charge >= 0.3 is 11.8 Å². The number of hydrogen-bond acceptors (Lipinski definition) is 8. The predicted molar refractivity (Wildman–Crippen MR) is 156 cm³/mol. The molecule has 4 rings (SSSR count). The Bertz CT molecular complexity index is 1040. The third kappa shape index (κ3) is 9.25. The molecule has 0 spiro atoms. The van der Waals surface area contributed by atoms with E-state index in [0.717, 1.165) is 45.1 Å². The number of para-hydroxylation sites is 1. The molecule has 2 heterocycles. The fraction of sp³-hybridized carbons (Fsp3) is 0.636. The van der Waals surface area contributed by atoms with E-state index in [1.54, 1.807) is 30.3 Å². The molecule has 2 N–H and O–H groups in total. The Kier molecular flexibility index (Phi) is 12.6. The highest BCUT2D eigenvalue weighted by molar-refractivity contribution is 5.76. The van der Waals surface area contributed by atoms with Crippen LogP contribution in [0.15, 0.2) is 60.4 Å². The maximum absolute atomic E-state index is 12.1. The van der Waals surface area contributed by atoms with Gasteiger partial charge in [0, 0.05) is 32.7 Å². The van der Waals surface area contributed by atoms with Crippen molar-refractivity contribution in [3.63, 3.8) is 0 Å². The van der Waals surface area contributed by atoms with Crippen LogP contribution in [0.5, 0.6) is 5.75 Å². The number of hydrogen-bond donors (Lipinski definition) is 2. The van der Waals surface area contributed by atoms with Gasteiger partial charge in [-0.25, -0.2) is 4.79 Å². The first-order chi connectivity index (χ1) is 20.4. The molecule has 1 aromatic carbocycles. The van der Waals surface area contributed by atoms with Crippen molar-refractivity contribution < 1.29 is 43.4 Å². The lowest BCUT2D eigenvalue weighted by Crippen LogP contribution is -2.46. The maximum Gasteiger partial charge on any atom is 0.377 e. The van der Waals surface area contributed by atoms with E-state index < -0.39 is 17.9 Å². The highest BCUT2D eigenvalue weighted by Crippen LogP contribution is 2.39. The van der Waals surface area contributed by atoms with E-state index in [1.165, 1.54) is 7.11 Å². The molecule has 3 aliphatic rings. The number of aliphatic carboxylic acids is 1. The summed E-state index contributed by atoms with van der Waals surface area (Å²) in [5.41, 5.74) is 3.08. The third-order valence-electron chi connectivity index (χ3n) is 8.14. The largest absolute Gasteiger partial charge is 0.476 e. The fourth-order valence-corrected chi connectivity index (χ4v) is 5.78. The van der Waals surface area contributed by atoms with Gasteiger partial charge < -0.3 is 38.6 Å². The molecule has 1 saturated carbocycles. The van der Waals surface area contributed by atoms with Gasteiger partial charge in [0.25, 0.3) is 0 Å². The predicted octanol–water partition coefficient (Wildman–Crippen LogP) is 5.38. The van der Waals surface area contributed by atoms with Crippen LogP contribution in [-0.2, 0) is 28.5 Å². The smallest absolute Gasteiger partial charge is 0.377 e. The highest BCUT2D eigenvalue weighted by atomic mass is 16.7. The first-order valence-corrected chi connectivity index (χ1v) is 15.2. The maximum atomic E-state index is 12.1. The second kappa shape index (κ2) is 16.4. The molecule has 8 atom stereocenters. The first kappa shape index (κ1) is 32.4. The Balaban J connectivity index is 1.42. The standard InChI is InChI=1S/C33H46O9/c1-24(40-30-16-8-11-21-38-30)18-19-27-26(28(34)23-29(27)41-31-17-9-12-22-39-31)15-7-4-10-20-33(37-2,32(35)36)42-25-13-5-3-6-14-25/h3,5-7,10,13-14,18-19,24,26-31,34H,8-9,11-12,15-17,20-23H2,1-2H3,(H,35,36)/b19-18+/t4?,24?,26-,27-,28?,29?,30?,31?,33?/m1/s1/i40+0,41+0. The topological polar surface area (TPSA) is 113 Å². The van der Waals surface area contributed by atoms with Gasteiger partial charge in [0.2, 0.25) is 0 Å². The van der Waals surface area contributed by atoms with E-state index in [9.17, 15) is 15.0 Å². The Morgan fingerprint density at radius 1 is 1.10 bits per heavy atom. The average Bonchev–Trinajstić information content (AvgIpc) is 3.29. The lowest BCUT2D eigenvalue weighted by Gasteiger charge is -2.29. The monoisotopic (exact) mass is 586 g/mol. The highest BCUT2D eigenvalue weighted by Gasteiger charge is 2.43. The Morgan fingerprint density at radius 2 is 1.81 bits per heavy atom. The number of aliphatic hydroxyl groups excluding tert-OH is 1. The number of rotatable bonds is 14. The lowest BCUT2D eigenvalue weighted by atomic mass is 9.90. The van der Waals surface area contributed by atoms with Crippen molar-refractivity contribution in [2.75, 3.05) is 20.3 Å². The van der Waals surface area contributed by atoms with Crippen LogP contribution in [0.4, 0.5) is 0 Å². The minimum absolute atomic E-state index is 0.0520. The molecule has 232 valence electrons. The molecule has 42 heavy (non-hydrogen) atoms. The zero-order valence-corrected chi connectivity index (χ0v) is 24.8. The van der Waals surface area contributed by atoms with Crippen LogP contribution < -0.4 is 4.74 Å². The van der Waals surface area contributed by atoms with Gasteiger partial charge in [-0.1, -0.05) is 30.4 Å². The molecule has 0 amide bonds. The minimum Gasteiger partial charge on any atom is -0.476 e. The number of aliphatic hydroxyl groups is 1. The van der Waals surface area contributed by atoms with Crippen molar-refractivity contribution in [1.82, 2.24) is 0 Å². The molecule has 1 aliphatic carbocycles. The molecular weight excluding hydrogens is 540 g/mol. The van der Waals surface area contributed by atoms with E-state index in [1.807, 2.05) is 25.1 Å². The number of carboxylic acid groups (broad SMARTS) is 1. The molecule has 9 heteroatoms. The third-order valence-corrected chi connectivity index (χ3v) is 8.14. The normalized spacial score (nSPS) is 30.3. The van der Waals surface area contributed by atoms with Crippen molar-refractivity contribution in [3.8, 4) is 5.75 Å². The molecule has 2 aliphatic heterocycles. The van der Waals surface area contributed by atoms with Crippen LogP contribution in [0.25, 0.3) is 0 Å². The molecule has 1 aromatic rings. The summed E-state index contributed by atoms with van der Waals surface area (Å²) < 4.78 is 35.0. The van der Waals surface area contributed by atoms with E-state index in [0.29, 0.717) is 25.2 Å². The molecule has 2 saturated heterocycles. The Morgan fingerprint density at radius 3 is 2.45 bits per heavy atom.